The Bertz CT molecular complexity index is 399. The molecule has 0 aromatic heterocycles. The molecule has 2 atom stereocenters. The van der Waals surface area contributed by atoms with Gasteiger partial charge >= 0.3 is 0 Å². The molecular formula is C16H25BrN2. The van der Waals surface area contributed by atoms with Gasteiger partial charge in [0.1, 0.15) is 0 Å². The predicted molar refractivity (Wildman–Crippen MR) is 87.0 cm³/mol. The maximum Gasteiger partial charge on any atom is 0.0412 e. The molecule has 1 heterocycles. The molecule has 2 unspecified atom stereocenters. The van der Waals surface area contributed by atoms with Crippen molar-refractivity contribution >= 4 is 21.6 Å². The third kappa shape index (κ3) is 3.73. The van der Waals surface area contributed by atoms with Crippen LogP contribution in [0.3, 0.4) is 0 Å². The molecular weight excluding hydrogens is 300 g/mol. The maximum absolute atomic E-state index is 3.70. The summed E-state index contributed by atoms with van der Waals surface area (Å²) in [6, 6.07) is 7.98. The molecule has 1 aromatic carbocycles. The predicted octanol–water partition coefficient (Wildman–Crippen LogP) is 4.11. The maximum atomic E-state index is 3.70. The van der Waals surface area contributed by atoms with Crippen LogP contribution in [-0.4, -0.2) is 25.2 Å². The second kappa shape index (κ2) is 6.76. The van der Waals surface area contributed by atoms with Gasteiger partial charge in [0.25, 0.3) is 0 Å². The number of rotatable bonds is 4. The lowest BCUT2D eigenvalue weighted by Gasteiger charge is -2.42. The Kier molecular flexibility index (Phi) is 5.28. The number of halogens is 1. The van der Waals surface area contributed by atoms with Crippen LogP contribution < -0.4 is 10.2 Å². The van der Waals surface area contributed by atoms with E-state index in [9.17, 15) is 0 Å². The molecule has 0 amide bonds. The summed E-state index contributed by atoms with van der Waals surface area (Å²) >= 11 is 3.63. The van der Waals surface area contributed by atoms with Crippen molar-refractivity contribution in [3.63, 3.8) is 0 Å². The molecule has 1 aliphatic rings. The summed E-state index contributed by atoms with van der Waals surface area (Å²) in [5.74, 6) is 0. The van der Waals surface area contributed by atoms with Crippen molar-refractivity contribution < 1.29 is 0 Å². The Balaban J connectivity index is 2.21. The molecule has 1 N–H and O–H groups in total. The minimum Gasteiger partial charge on any atom is -0.366 e. The SMILES string of the molecule is CCCC1CN(c2cc(C)cc(Br)c2)C(CC)CN1. The average Bonchev–Trinajstić information content (AvgIpc) is 2.38. The number of benzene rings is 1. The van der Waals surface area contributed by atoms with Gasteiger partial charge in [-0.1, -0.05) is 36.2 Å². The molecule has 0 spiro atoms. The highest BCUT2D eigenvalue weighted by Crippen LogP contribution is 2.27. The van der Waals surface area contributed by atoms with Crippen LogP contribution in [0.4, 0.5) is 5.69 Å². The first-order valence-electron chi connectivity index (χ1n) is 7.41. The first-order valence-corrected chi connectivity index (χ1v) is 8.20. The molecule has 19 heavy (non-hydrogen) atoms. The quantitative estimate of drug-likeness (QED) is 0.896. The van der Waals surface area contributed by atoms with E-state index in [1.165, 1.54) is 35.0 Å². The van der Waals surface area contributed by atoms with E-state index in [1.54, 1.807) is 0 Å². The van der Waals surface area contributed by atoms with Gasteiger partial charge in [-0.05, 0) is 43.5 Å². The summed E-state index contributed by atoms with van der Waals surface area (Å²) in [6.45, 7) is 8.95. The minimum atomic E-state index is 0.613. The van der Waals surface area contributed by atoms with Gasteiger partial charge in [0.15, 0.2) is 0 Å². The van der Waals surface area contributed by atoms with Gasteiger partial charge in [-0.3, -0.25) is 0 Å². The Hall–Kier alpha value is -0.540. The van der Waals surface area contributed by atoms with Crippen molar-refractivity contribution in [3.05, 3.63) is 28.2 Å². The number of hydrogen-bond donors (Lipinski definition) is 1. The van der Waals surface area contributed by atoms with Crippen molar-refractivity contribution in [2.45, 2.75) is 52.1 Å². The summed E-state index contributed by atoms with van der Waals surface area (Å²) < 4.78 is 1.18. The fourth-order valence-corrected chi connectivity index (χ4v) is 3.57. The highest BCUT2D eigenvalue weighted by molar-refractivity contribution is 9.10. The first-order chi connectivity index (χ1) is 9.13. The van der Waals surface area contributed by atoms with Crippen LogP contribution in [0.1, 0.15) is 38.7 Å². The van der Waals surface area contributed by atoms with Crippen molar-refractivity contribution in [2.75, 3.05) is 18.0 Å². The first kappa shape index (κ1) is 14.9. The zero-order chi connectivity index (χ0) is 13.8. The van der Waals surface area contributed by atoms with Gasteiger partial charge in [0, 0.05) is 35.3 Å². The fraction of sp³-hybridized carbons (Fsp3) is 0.625. The van der Waals surface area contributed by atoms with E-state index >= 15 is 0 Å². The molecule has 2 rings (SSSR count). The van der Waals surface area contributed by atoms with E-state index < -0.39 is 0 Å². The largest absolute Gasteiger partial charge is 0.366 e. The van der Waals surface area contributed by atoms with Crippen molar-refractivity contribution in [2.24, 2.45) is 0 Å². The molecule has 0 saturated carbocycles. The van der Waals surface area contributed by atoms with Crippen LogP contribution in [0.5, 0.6) is 0 Å². The summed E-state index contributed by atoms with van der Waals surface area (Å²) in [4.78, 5) is 2.59. The van der Waals surface area contributed by atoms with Gasteiger partial charge in [0.2, 0.25) is 0 Å². The average molecular weight is 325 g/mol. The molecule has 0 bridgehead atoms. The fourth-order valence-electron chi connectivity index (χ4n) is 2.97. The summed E-state index contributed by atoms with van der Waals surface area (Å²) in [6.07, 6.45) is 3.71. The zero-order valence-electron chi connectivity index (χ0n) is 12.2. The molecule has 3 heteroatoms. The van der Waals surface area contributed by atoms with Crippen LogP contribution in [-0.2, 0) is 0 Å². The van der Waals surface area contributed by atoms with Gasteiger partial charge in [0.05, 0.1) is 0 Å². The second-order valence-corrected chi connectivity index (χ2v) is 6.51. The standard InChI is InChI=1S/C16H25BrN2/c1-4-6-14-11-19(15(5-2)10-18-14)16-8-12(3)7-13(17)9-16/h7-9,14-15,18H,4-6,10-11H2,1-3H3. The van der Waals surface area contributed by atoms with E-state index in [2.05, 4.69) is 65.1 Å². The number of nitrogens with one attached hydrogen (secondary N) is 1. The van der Waals surface area contributed by atoms with E-state index in [4.69, 9.17) is 0 Å². The van der Waals surface area contributed by atoms with Crippen molar-refractivity contribution in [1.82, 2.24) is 5.32 Å². The molecule has 1 aliphatic heterocycles. The third-order valence-electron chi connectivity index (χ3n) is 3.97. The molecule has 1 saturated heterocycles. The molecule has 1 fully saturated rings. The highest BCUT2D eigenvalue weighted by Gasteiger charge is 2.26. The minimum absolute atomic E-state index is 0.613. The van der Waals surface area contributed by atoms with Crippen molar-refractivity contribution in [1.29, 1.82) is 0 Å². The van der Waals surface area contributed by atoms with E-state index in [0.717, 1.165) is 13.1 Å². The second-order valence-electron chi connectivity index (χ2n) is 5.60. The summed E-state index contributed by atoms with van der Waals surface area (Å²) in [5, 5.41) is 3.70. The van der Waals surface area contributed by atoms with Crippen LogP contribution in [0.15, 0.2) is 22.7 Å². The summed E-state index contributed by atoms with van der Waals surface area (Å²) in [7, 11) is 0. The van der Waals surface area contributed by atoms with E-state index in [0.29, 0.717) is 12.1 Å². The van der Waals surface area contributed by atoms with Crippen molar-refractivity contribution in [3.8, 4) is 0 Å². The Morgan fingerprint density at radius 2 is 2.11 bits per heavy atom. The van der Waals surface area contributed by atoms with E-state index in [-0.39, 0.29) is 0 Å². The monoisotopic (exact) mass is 324 g/mol. The lowest BCUT2D eigenvalue weighted by Crippen LogP contribution is -2.56. The van der Waals surface area contributed by atoms with Crippen LogP contribution in [0, 0.1) is 6.92 Å². The van der Waals surface area contributed by atoms with Gasteiger partial charge in [-0.2, -0.15) is 0 Å². The third-order valence-corrected chi connectivity index (χ3v) is 4.42. The number of aryl methyl sites for hydroxylation is 1. The lowest BCUT2D eigenvalue weighted by atomic mass is 10.0. The van der Waals surface area contributed by atoms with Crippen LogP contribution >= 0.6 is 15.9 Å². The number of anilines is 1. The lowest BCUT2D eigenvalue weighted by molar-refractivity contribution is 0.369. The summed E-state index contributed by atoms with van der Waals surface area (Å²) in [5.41, 5.74) is 2.69. The molecule has 2 nitrogen and oxygen atoms in total. The topological polar surface area (TPSA) is 15.3 Å². The van der Waals surface area contributed by atoms with Gasteiger partial charge < -0.3 is 10.2 Å². The molecule has 0 aliphatic carbocycles. The Morgan fingerprint density at radius 1 is 1.32 bits per heavy atom. The number of nitrogens with zero attached hydrogens (tertiary/aromatic N) is 1. The van der Waals surface area contributed by atoms with Gasteiger partial charge in [-0.25, -0.2) is 0 Å². The smallest absolute Gasteiger partial charge is 0.0412 e. The number of piperazine rings is 1. The zero-order valence-corrected chi connectivity index (χ0v) is 13.8. The number of hydrogen-bond acceptors (Lipinski definition) is 2. The van der Waals surface area contributed by atoms with E-state index in [1.807, 2.05) is 0 Å². The Morgan fingerprint density at radius 3 is 2.74 bits per heavy atom. The van der Waals surface area contributed by atoms with Gasteiger partial charge in [-0.15, -0.1) is 0 Å². The normalized spacial score (nSPS) is 23.7. The molecule has 106 valence electrons. The van der Waals surface area contributed by atoms with Crippen LogP contribution in [0.25, 0.3) is 0 Å². The van der Waals surface area contributed by atoms with Crippen LogP contribution in [0.2, 0.25) is 0 Å². The Labute approximate surface area is 125 Å². The molecule has 1 aromatic rings. The molecule has 0 radical (unpaired) electrons. The highest BCUT2D eigenvalue weighted by atomic mass is 79.9.